The molecule has 0 unspecified atom stereocenters. The van der Waals surface area contributed by atoms with Crippen molar-refractivity contribution in [2.24, 2.45) is 0 Å². The largest absolute Gasteiger partial charge is 0.384 e. The minimum Gasteiger partial charge on any atom is -0.384 e. The summed E-state index contributed by atoms with van der Waals surface area (Å²) >= 11 is 0. The Labute approximate surface area is 116 Å². The van der Waals surface area contributed by atoms with Gasteiger partial charge in [0.2, 0.25) is 5.91 Å². The Balaban J connectivity index is 2.17. The highest BCUT2D eigenvalue weighted by Gasteiger charge is 2.21. The van der Waals surface area contributed by atoms with Crippen LogP contribution in [0.3, 0.4) is 0 Å². The second kappa shape index (κ2) is 6.68. The molecule has 1 saturated heterocycles. The van der Waals surface area contributed by atoms with Crippen molar-refractivity contribution in [1.29, 1.82) is 0 Å². The maximum atomic E-state index is 12.3. The molecule has 6 heteroatoms. The quantitative estimate of drug-likeness (QED) is 0.669. The lowest BCUT2D eigenvalue weighted by molar-refractivity contribution is -0.121. The van der Waals surface area contributed by atoms with Gasteiger partial charge >= 0.3 is 0 Å². The van der Waals surface area contributed by atoms with Crippen molar-refractivity contribution < 1.29 is 14.7 Å². The zero-order chi connectivity index (χ0) is 14.4. The first-order valence-electron chi connectivity index (χ1n) is 6.31. The predicted molar refractivity (Wildman–Crippen MR) is 71.7 cm³/mol. The molecule has 0 aliphatic carbocycles. The van der Waals surface area contributed by atoms with Crippen LogP contribution in [0.25, 0.3) is 0 Å². The predicted octanol–water partition coefficient (Wildman–Crippen LogP) is -0.613. The molecule has 6 nitrogen and oxygen atoms in total. The fourth-order valence-corrected chi connectivity index (χ4v) is 1.93. The molecule has 20 heavy (non-hydrogen) atoms. The van der Waals surface area contributed by atoms with Crippen LogP contribution in [0.5, 0.6) is 0 Å². The zero-order valence-corrected chi connectivity index (χ0v) is 10.9. The molecule has 1 aliphatic rings. The highest BCUT2D eigenvalue weighted by molar-refractivity contribution is 5.96. The summed E-state index contributed by atoms with van der Waals surface area (Å²) < 4.78 is 0. The Morgan fingerprint density at radius 3 is 3.15 bits per heavy atom. The molecule has 2 amide bonds. The van der Waals surface area contributed by atoms with Crippen LogP contribution in [0.15, 0.2) is 18.5 Å². The van der Waals surface area contributed by atoms with Gasteiger partial charge in [0.15, 0.2) is 0 Å². The van der Waals surface area contributed by atoms with E-state index in [0.717, 1.165) is 6.42 Å². The van der Waals surface area contributed by atoms with Crippen LogP contribution < -0.4 is 5.32 Å². The third-order valence-electron chi connectivity index (χ3n) is 2.85. The first-order chi connectivity index (χ1) is 9.70. The molecule has 1 aromatic rings. The van der Waals surface area contributed by atoms with Gasteiger partial charge in [-0.15, -0.1) is 0 Å². The lowest BCUT2D eigenvalue weighted by Crippen LogP contribution is -2.37. The van der Waals surface area contributed by atoms with Crippen LogP contribution in [0.2, 0.25) is 0 Å². The topological polar surface area (TPSA) is 82.5 Å². The van der Waals surface area contributed by atoms with Gasteiger partial charge in [-0.3, -0.25) is 14.6 Å². The van der Waals surface area contributed by atoms with Gasteiger partial charge in [-0.1, -0.05) is 11.8 Å². The summed E-state index contributed by atoms with van der Waals surface area (Å²) in [4.78, 5) is 29.3. The van der Waals surface area contributed by atoms with Crippen molar-refractivity contribution in [3.8, 4) is 11.8 Å². The summed E-state index contributed by atoms with van der Waals surface area (Å²) in [6.07, 6.45) is 3.71. The molecular weight excluding hydrogens is 258 g/mol. The number of amides is 2. The number of carbonyl (C=O) groups is 2. The van der Waals surface area contributed by atoms with Crippen LogP contribution in [-0.4, -0.2) is 53.0 Å². The summed E-state index contributed by atoms with van der Waals surface area (Å²) in [6, 6.07) is 1.61. The number of rotatable bonds is 1. The van der Waals surface area contributed by atoms with E-state index in [-0.39, 0.29) is 25.0 Å². The highest BCUT2D eigenvalue weighted by atomic mass is 16.2. The van der Waals surface area contributed by atoms with Crippen LogP contribution in [-0.2, 0) is 4.79 Å². The molecule has 0 radical (unpaired) electrons. The molecule has 0 aromatic carbocycles. The van der Waals surface area contributed by atoms with Crippen LogP contribution in [0, 0.1) is 11.8 Å². The van der Waals surface area contributed by atoms with Gasteiger partial charge in [0.25, 0.3) is 5.91 Å². The molecule has 1 fully saturated rings. The number of hydrogen-bond acceptors (Lipinski definition) is 4. The molecular formula is C14H15N3O3. The van der Waals surface area contributed by atoms with Gasteiger partial charge in [0.1, 0.15) is 6.61 Å². The molecule has 2 rings (SSSR count). The van der Waals surface area contributed by atoms with Gasteiger partial charge in [-0.25, -0.2) is 0 Å². The van der Waals surface area contributed by atoms with Crippen molar-refractivity contribution >= 4 is 11.8 Å². The van der Waals surface area contributed by atoms with Crippen LogP contribution >= 0.6 is 0 Å². The van der Waals surface area contributed by atoms with Crippen LogP contribution in [0.1, 0.15) is 22.3 Å². The Kier molecular flexibility index (Phi) is 4.69. The second-order valence-corrected chi connectivity index (χ2v) is 4.35. The van der Waals surface area contributed by atoms with Gasteiger partial charge in [-0.2, -0.15) is 0 Å². The lowest BCUT2D eigenvalue weighted by atomic mass is 10.2. The zero-order valence-electron chi connectivity index (χ0n) is 10.9. The lowest BCUT2D eigenvalue weighted by Gasteiger charge is -2.18. The third-order valence-corrected chi connectivity index (χ3v) is 2.85. The fourth-order valence-electron chi connectivity index (χ4n) is 1.93. The van der Waals surface area contributed by atoms with E-state index in [1.807, 2.05) is 0 Å². The SMILES string of the molecule is O=C1CN(C(=O)c2cncc(C#CCO)c2)CCCN1. The van der Waals surface area contributed by atoms with E-state index in [9.17, 15) is 9.59 Å². The third kappa shape index (κ3) is 3.56. The number of aliphatic hydroxyl groups is 1. The number of carbonyl (C=O) groups excluding carboxylic acids is 2. The molecule has 0 atom stereocenters. The number of aromatic nitrogens is 1. The molecule has 1 aliphatic heterocycles. The number of aliphatic hydroxyl groups excluding tert-OH is 1. The van der Waals surface area contributed by atoms with E-state index in [0.29, 0.717) is 24.2 Å². The Hall–Kier alpha value is -2.39. The number of pyridine rings is 1. The van der Waals surface area contributed by atoms with Crippen molar-refractivity contribution in [2.75, 3.05) is 26.2 Å². The van der Waals surface area contributed by atoms with Gasteiger partial charge < -0.3 is 15.3 Å². The average molecular weight is 273 g/mol. The monoisotopic (exact) mass is 273 g/mol. The molecule has 0 saturated carbocycles. The maximum Gasteiger partial charge on any atom is 0.255 e. The molecule has 104 valence electrons. The first-order valence-corrected chi connectivity index (χ1v) is 6.31. The second-order valence-electron chi connectivity index (χ2n) is 4.35. The summed E-state index contributed by atoms with van der Waals surface area (Å²) in [7, 11) is 0. The molecule has 1 aromatic heterocycles. The van der Waals surface area contributed by atoms with E-state index in [1.54, 1.807) is 6.07 Å². The smallest absolute Gasteiger partial charge is 0.255 e. The average Bonchev–Trinajstić information content (AvgIpc) is 2.69. The van der Waals surface area contributed by atoms with Crippen molar-refractivity contribution in [1.82, 2.24) is 15.2 Å². The van der Waals surface area contributed by atoms with Gasteiger partial charge in [0.05, 0.1) is 12.1 Å². The molecule has 2 N–H and O–H groups in total. The standard InChI is InChI=1S/C14H15N3O3/c18-6-1-3-11-7-12(9-15-8-11)14(20)17-5-2-4-16-13(19)10-17/h7-9,18H,2,4-6,10H2,(H,16,19). The molecule has 2 heterocycles. The summed E-state index contributed by atoms with van der Waals surface area (Å²) in [5.41, 5.74) is 0.952. The maximum absolute atomic E-state index is 12.3. The van der Waals surface area contributed by atoms with Crippen LogP contribution in [0.4, 0.5) is 0 Å². The van der Waals surface area contributed by atoms with E-state index < -0.39 is 0 Å². The normalized spacial score (nSPS) is 14.8. The minimum atomic E-state index is -0.246. The highest BCUT2D eigenvalue weighted by Crippen LogP contribution is 2.08. The van der Waals surface area contributed by atoms with Crippen molar-refractivity contribution in [3.05, 3.63) is 29.6 Å². The Morgan fingerprint density at radius 2 is 2.35 bits per heavy atom. The number of nitrogens with zero attached hydrogens (tertiary/aromatic N) is 2. The van der Waals surface area contributed by atoms with Crippen molar-refractivity contribution in [2.45, 2.75) is 6.42 Å². The number of hydrogen-bond donors (Lipinski definition) is 2. The molecule has 0 bridgehead atoms. The van der Waals surface area contributed by atoms with E-state index in [4.69, 9.17) is 5.11 Å². The summed E-state index contributed by atoms with van der Waals surface area (Å²) in [6.45, 7) is 0.933. The van der Waals surface area contributed by atoms with Crippen molar-refractivity contribution in [3.63, 3.8) is 0 Å². The Morgan fingerprint density at radius 1 is 1.50 bits per heavy atom. The summed E-state index contributed by atoms with van der Waals surface area (Å²) in [5, 5.41) is 11.4. The first kappa shape index (κ1) is 14.0. The van der Waals surface area contributed by atoms with E-state index >= 15 is 0 Å². The summed E-state index contributed by atoms with van der Waals surface area (Å²) in [5.74, 6) is 4.82. The van der Waals surface area contributed by atoms with E-state index in [2.05, 4.69) is 22.1 Å². The van der Waals surface area contributed by atoms with Gasteiger partial charge in [0, 0.05) is 31.0 Å². The Bertz CT molecular complexity index is 575. The van der Waals surface area contributed by atoms with Gasteiger partial charge in [-0.05, 0) is 12.5 Å². The van der Waals surface area contributed by atoms with E-state index in [1.165, 1.54) is 17.3 Å². The fraction of sp³-hybridized carbons (Fsp3) is 0.357. The molecule has 0 spiro atoms. The number of nitrogens with one attached hydrogen (secondary N) is 1. The minimum absolute atomic E-state index is 0.0609.